The van der Waals surface area contributed by atoms with Crippen LogP contribution in [0.15, 0.2) is 42.0 Å². The van der Waals surface area contributed by atoms with Crippen LogP contribution < -0.4 is 0 Å². The van der Waals surface area contributed by atoms with E-state index >= 15 is 0 Å². The van der Waals surface area contributed by atoms with Gasteiger partial charge >= 0.3 is 5.97 Å². The molecule has 0 radical (unpaired) electrons. The number of methoxy groups -OCH3 is 1. The molecular weight excluding hydrogens is 360 g/mol. The SMILES string of the molecule is CCOC(=O)/C=C(C)/C=C/[C@H]1[C@@H](COC)[C@]1(C)c1cc(C(C)C)cc(C(C)C)c1. The Labute approximate surface area is 177 Å². The predicted octanol–water partition coefficient (Wildman–Crippen LogP) is 6.15. The summed E-state index contributed by atoms with van der Waals surface area (Å²) in [5.41, 5.74) is 5.16. The van der Waals surface area contributed by atoms with Crippen LogP contribution in [0, 0.1) is 11.8 Å². The highest BCUT2D eigenvalue weighted by Gasteiger charge is 2.60. The van der Waals surface area contributed by atoms with E-state index in [1.165, 1.54) is 16.7 Å². The van der Waals surface area contributed by atoms with Crippen LogP contribution in [0.2, 0.25) is 0 Å². The Morgan fingerprint density at radius 3 is 2.21 bits per heavy atom. The molecule has 0 aliphatic heterocycles. The van der Waals surface area contributed by atoms with Crippen LogP contribution in [0.4, 0.5) is 0 Å². The van der Waals surface area contributed by atoms with Gasteiger partial charge in [0.2, 0.25) is 0 Å². The van der Waals surface area contributed by atoms with Gasteiger partial charge in [0.1, 0.15) is 0 Å². The van der Waals surface area contributed by atoms with Crippen molar-refractivity contribution in [2.75, 3.05) is 20.3 Å². The summed E-state index contributed by atoms with van der Waals surface area (Å²) in [4.78, 5) is 11.7. The van der Waals surface area contributed by atoms with Gasteiger partial charge in [0, 0.05) is 18.6 Å². The smallest absolute Gasteiger partial charge is 0.330 e. The minimum absolute atomic E-state index is 0.0469. The third-order valence-electron chi connectivity index (χ3n) is 6.26. The van der Waals surface area contributed by atoms with Crippen molar-refractivity contribution in [2.45, 2.75) is 65.7 Å². The molecule has 1 saturated carbocycles. The zero-order valence-corrected chi connectivity index (χ0v) is 19.4. The Morgan fingerprint density at radius 1 is 1.14 bits per heavy atom. The summed E-state index contributed by atoms with van der Waals surface area (Å²) < 4.78 is 10.6. The quantitative estimate of drug-likeness (QED) is 0.284. The second-order valence-corrected chi connectivity index (χ2v) is 9.07. The summed E-state index contributed by atoms with van der Waals surface area (Å²) in [7, 11) is 1.77. The van der Waals surface area contributed by atoms with Crippen LogP contribution in [-0.2, 0) is 19.7 Å². The highest BCUT2D eigenvalue weighted by atomic mass is 16.5. The molecule has 3 atom stereocenters. The Balaban J connectivity index is 2.35. The van der Waals surface area contributed by atoms with E-state index in [1.54, 1.807) is 13.2 Å². The van der Waals surface area contributed by atoms with Crippen LogP contribution in [0.3, 0.4) is 0 Å². The zero-order chi connectivity index (χ0) is 21.8. The lowest BCUT2D eigenvalue weighted by Gasteiger charge is -2.19. The first-order valence-electron chi connectivity index (χ1n) is 10.8. The molecule has 1 aromatic carbocycles. The lowest BCUT2D eigenvalue weighted by molar-refractivity contribution is -0.137. The Hall–Kier alpha value is -1.87. The van der Waals surface area contributed by atoms with E-state index in [9.17, 15) is 4.79 Å². The van der Waals surface area contributed by atoms with Crippen LogP contribution in [-0.4, -0.2) is 26.3 Å². The fraction of sp³-hybridized carbons (Fsp3) is 0.577. The highest BCUT2D eigenvalue weighted by Crippen LogP contribution is 2.61. The lowest BCUT2D eigenvalue weighted by Crippen LogP contribution is -2.10. The van der Waals surface area contributed by atoms with E-state index in [4.69, 9.17) is 9.47 Å². The van der Waals surface area contributed by atoms with Gasteiger partial charge in [-0.05, 0) is 59.8 Å². The molecule has 0 heterocycles. The van der Waals surface area contributed by atoms with Crippen LogP contribution in [0.5, 0.6) is 0 Å². The van der Waals surface area contributed by atoms with Crippen molar-refractivity contribution in [2.24, 2.45) is 11.8 Å². The van der Waals surface area contributed by atoms with Crippen molar-refractivity contribution < 1.29 is 14.3 Å². The first kappa shape index (κ1) is 23.4. The fourth-order valence-corrected chi connectivity index (χ4v) is 4.16. The van der Waals surface area contributed by atoms with Gasteiger partial charge in [0.25, 0.3) is 0 Å². The number of esters is 1. The number of allylic oxidation sites excluding steroid dienone is 3. The van der Waals surface area contributed by atoms with E-state index in [1.807, 2.05) is 19.9 Å². The van der Waals surface area contributed by atoms with Crippen molar-refractivity contribution >= 4 is 5.97 Å². The third-order valence-corrected chi connectivity index (χ3v) is 6.26. The average Bonchev–Trinajstić information content (AvgIpc) is 3.23. The van der Waals surface area contributed by atoms with Gasteiger partial charge in [-0.1, -0.05) is 65.0 Å². The second kappa shape index (κ2) is 9.75. The fourth-order valence-electron chi connectivity index (χ4n) is 4.16. The van der Waals surface area contributed by atoms with Crippen molar-refractivity contribution in [1.82, 2.24) is 0 Å². The van der Waals surface area contributed by atoms with E-state index in [-0.39, 0.29) is 11.4 Å². The molecule has 1 fully saturated rings. The first-order chi connectivity index (χ1) is 13.6. The van der Waals surface area contributed by atoms with Crippen molar-refractivity contribution in [1.29, 1.82) is 0 Å². The monoisotopic (exact) mass is 398 g/mol. The van der Waals surface area contributed by atoms with Gasteiger partial charge < -0.3 is 9.47 Å². The second-order valence-electron chi connectivity index (χ2n) is 9.07. The Bertz CT molecular complexity index is 746. The minimum atomic E-state index is -0.284. The molecule has 3 nitrogen and oxygen atoms in total. The largest absolute Gasteiger partial charge is 0.463 e. The molecule has 0 aromatic heterocycles. The van der Waals surface area contributed by atoms with E-state index < -0.39 is 0 Å². The van der Waals surface area contributed by atoms with Gasteiger partial charge in [0.15, 0.2) is 0 Å². The maximum atomic E-state index is 11.7. The molecule has 160 valence electrons. The van der Waals surface area contributed by atoms with Crippen LogP contribution in [0.25, 0.3) is 0 Å². The summed E-state index contributed by atoms with van der Waals surface area (Å²) in [6.07, 6.45) is 5.85. The Morgan fingerprint density at radius 2 is 1.72 bits per heavy atom. The predicted molar refractivity (Wildman–Crippen MR) is 120 cm³/mol. The first-order valence-corrected chi connectivity index (χ1v) is 10.8. The molecule has 1 aliphatic rings. The lowest BCUT2D eigenvalue weighted by atomic mass is 9.86. The standard InChI is InChI=1S/C26H38O3/c1-9-29-25(27)12-19(6)10-11-23-24(16-28-8)26(23,7)22-14-20(17(2)3)13-21(15-22)18(4)5/h10-15,17-18,23-24H,9,16H2,1-8H3/b11-10+,19-12+/t23-,24+,26+/m0/s1. The van der Waals surface area contributed by atoms with Gasteiger partial charge in [-0.3, -0.25) is 0 Å². The topological polar surface area (TPSA) is 35.5 Å². The molecule has 2 rings (SSSR count). The van der Waals surface area contributed by atoms with Gasteiger partial charge in [-0.15, -0.1) is 0 Å². The van der Waals surface area contributed by atoms with Crippen molar-refractivity contribution in [3.05, 3.63) is 58.7 Å². The number of carbonyl (C=O) groups excluding carboxylic acids is 1. The molecule has 29 heavy (non-hydrogen) atoms. The van der Waals surface area contributed by atoms with Crippen LogP contribution in [0.1, 0.15) is 77.0 Å². The third kappa shape index (κ3) is 5.39. The number of ether oxygens (including phenoxy) is 2. The summed E-state index contributed by atoms with van der Waals surface area (Å²) in [6.45, 7) is 16.3. The number of benzene rings is 1. The molecule has 1 aliphatic carbocycles. The van der Waals surface area contributed by atoms with Crippen molar-refractivity contribution in [3.8, 4) is 0 Å². The van der Waals surface area contributed by atoms with E-state index in [2.05, 4.69) is 58.9 Å². The highest BCUT2D eigenvalue weighted by molar-refractivity contribution is 5.83. The van der Waals surface area contributed by atoms with E-state index in [0.29, 0.717) is 30.3 Å². The number of rotatable bonds is 9. The molecule has 3 heteroatoms. The minimum Gasteiger partial charge on any atom is -0.463 e. The van der Waals surface area contributed by atoms with Gasteiger partial charge in [-0.25, -0.2) is 4.79 Å². The molecule has 0 amide bonds. The normalized spacial score (nSPS) is 24.6. The maximum absolute atomic E-state index is 11.7. The number of hydrogen-bond acceptors (Lipinski definition) is 3. The molecule has 0 N–H and O–H groups in total. The van der Waals surface area contributed by atoms with Gasteiger partial charge in [-0.2, -0.15) is 0 Å². The summed E-state index contributed by atoms with van der Waals surface area (Å²) in [5.74, 6) is 1.53. The zero-order valence-electron chi connectivity index (χ0n) is 19.4. The summed E-state index contributed by atoms with van der Waals surface area (Å²) >= 11 is 0. The summed E-state index contributed by atoms with van der Waals surface area (Å²) in [5, 5.41) is 0. The number of hydrogen-bond donors (Lipinski definition) is 0. The van der Waals surface area contributed by atoms with Gasteiger partial charge in [0.05, 0.1) is 13.2 Å². The molecule has 0 saturated heterocycles. The molecular formula is C26H38O3. The molecule has 0 spiro atoms. The molecule has 0 unspecified atom stereocenters. The maximum Gasteiger partial charge on any atom is 0.330 e. The van der Waals surface area contributed by atoms with Crippen LogP contribution >= 0.6 is 0 Å². The number of carbonyl (C=O) groups is 1. The van der Waals surface area contributed by atoms with Crippen molar-refractivity contribution in [3.63, 3.8) is 0 Å². The molecule has 1 aromatic rings. The Kier molecular flexibility index (Phi) is 7.87. The average molecular weight is 399 g/mol. The molecule has 0 bridgehead atoms. The summed E-state index contributed by atoms with van der Waals surface area (Å²) in [6, 6.07) is 7.12. The van der Waals surface area contributed by atoms with E-state index in [0.717, 1.165) is 12.2 Å².